The van der Waals surface area contributed by atoms with E-state index in [1.807, 2.05) is 0 Å². The van der Waals surface area contributed by atoms with Crippen LogP contribution in [0.3, 0.4) is 0 Å². The molecule has 0 aliphatic heterocycles. The molecule has 0 amide bonds. The van der Waals surface area contributed by atoms with Crippen LogP contribution in [0.15, 0.2) is 24.3 Å². The summed E-state index contributed by atoms with van der Waals surface area (Å²) >= 11 is 0. The van der Waals surface area contributed by atoms with E-state index in [2.05, 4.69) is 36.5 Å². The lowest BCUT2D eigenvalue weighted by molar-refractivity contribution is -0.0178. The van der Waals surface area contributed by atoms with Gasteiger partial charge in [0.05, 0.1) is 5.60 Å². The zero-order valence-electron chi connectivity index (χ0n) is 13.3. The third kappa shape index (κ3) is 3.49. The molecule has 1 atom stereocenters. The summed E-state index contributed by atoms with van der Waals surface area (Å²) in [5.74, 6) is 0.565. The normalized spacial score (nSPS) is 32.7. The molecule has 0 spiro atoms. The minimum Gasteiger partial charge on any atom is -0.390 e. The molecule has 2 aliphatic rings. The van der Waals surface area contributed by atoms with E-state index in [0.717, 1.165) is 38.6 Å². The van der Waals surface area contributed by atoms with Gasteiger partial charge in [0.2, 0.25) is 0 Å². The maximum Gasteiger partial charge on any atom is 0.0654 e. The van der Waals surface area contributed by atoms with E-state index in [9.17, 15) is 5.11 Å². The van der Waals surface area contributed by atoms with Gasteiger partial charge in [-0.2, -0.15) is 0 Å². The Balaban J connectivity index is 1.65. The molecule has 1 fully saturated rings. The molecule has 0 aromatic heterocycles. The highest BCUT2D eigenvalue weighted by molar-refractivity contribution is 5.32. The summed E-state index contributed by atoms with van der Waals surface area (Å²) in [6, 6.07) is 9.48. The molecule has 2 heteroatoms. The van der Waals surface area contributed by atoms with Gasteiger partial charge in [-0.1, -0.05) is 31.2 Å². The van der Waals surface area contributed by atoms with Gasteiger partial charge in [-0.3, -0.25) is 0 Å². The Morgan fingerprint density at radius 3 is 2.71 bits per heavy atom. The van der Waals surface area contributed by atoms with Gasteiger partial charge in [0.25, 0.3) is 0 Å². The number of hydrogen-bond acceptors (Lipinski definition) is 2. The highest BCUT2D eigenvalue weighted by Crippen LogP contribution is 2.41. The van der Waals surface area contributed by atoms with Crippen LogP contribution in [-0.2, 0) is 6.42 Å². The van der Waals surface area contributed by atoms with Crippen LogP contribution in [0.5, 0.6) is 0 Å². The van der Waals surface area contributed by atoms with E-state index in [4.69, 9.17) is 0 Å². The zero-order valence-corrected chi connectivity index (χ0v) is 13.3. The Kier molecular flexibility index (Phi) is 4.66. The smallest absolute Gasteiger partial charge is 0.0654 e. The summed E-state index contributed by atoms with van der Waals surface area (Å²) < 4.78 is 0. The predicted octanol–water partition coefficient (Wildman–Crippen LogP) is 3.78. The van der Waals surface area contributed by atoms with Crippen molar-refractivity contribution in [2.45, 2.75) is 75.9 Å². The molecular weight excluding hydrogens is 258 g/mol. The maximum atomic E-state index is 11.0. The van der Waals surface area contributed by atoms with Crippen molar-refractivity contribution >= 4 is 0 Å². The van der Waals surface area contributed by atoms with Crippen LogP contribution in [0.2, 0.25) is 0 Å². The van der Waals surface area contributed by atoms with Gasteiger partial charge < -0.3 is 10.4 Å². The van der Waals surface area contributed by atoms with Gasteiger partial charge >= 0.3 is 0 Å². The maximum absolute atomic E-state index is 11.0. The topological polar surface area (TPSA) is 32.3 Å². The van der Waals surface area contributed by atoms with E-state index in [1.165, 1.54) is 30.4 Å². The first-order valence-corrected chi connectivity index (χ1v) is 8.74. The highest BCUT2D eigenvalue weighted by Gasteiger charge is 2.36. The molecule has 0 heterocycles. The first-order chi connectivity index (χ1) is 10.2. The largest absolute Gasteiger partial charge is 0.390 e. The Morgan fingerprint density at radius 1 is 1.19 bits per heavy atom. The molecule has 2 aliphatic carbocycles. The number of fused-ring (bicyclic) bond motifs is 1. The Hall–Kier alpha value is -0.860. The van der Waals surface area contributed by atoms with E-state index in [-0.39, 0.29) is 0 Å². The van der Waals surface area contributed by atoms with Crippen LogP contribution in [0.4, 0.5) is 0 Å². The van der Waals surface area contributed by atoms with E-state index < -0.39 is 5.60 Å². The molecule has 0 radical (unpaired) electrons. The Morgan fingerprint density at radius 2 is 1.95 bits per heavy atom. The summed E-state index contributed by atoms with van der Waals surface area (Å²) in [5, 5.41) is 14.5. The van der Waals surface area contributed by atoms with Crippen LogP contribution >= 0.6 is 0 Å². The van der Waals surface area contributed by atoms with Crippen molar-refractivity contribution < 1.29 is 5.11 Å². The molecular formula is C19H29NO. The number of aryl methyl sites for hydroxylation is 1. The average Bonchev–Trinajstić information content (AvgIpc) is 2.50. The van der Waals surface area contributed by atoms with Crippen LogP contribution in [0, 0.1) is 0 Å². The van der Waals surface area contributed by atoms with Crippen molar-refractivity contribution in [2.24, 2.45) is 0 Å². The van der Waals surface area contributed by atoms with Gasteiger partial charge in [0, 0.05) is 6.04 Å². The SMILES string of the molecule is CCNC1CCC(O)(CC2CCCc3ccccc32)CC1. The van der Waals surface area contributed by atoms with E-state index in [0.29, 0.717) is 12.0 Å². The van der Waals surface area contributed by atoms with Crippen molar-refractivity contribution in [3.63, 3.8) is 0 Å². The van der Waals surface area contributed by atoms with Crippen molar-refractivity contribution in [2.75, 3.05) is 6.54 Å². The number of rotatable bonds is 4. The lowest BCUT2D eigenvalue weighted by Gasteiger charge is -2.40. The van der Waals surface area contributed by atoms with E-state index >= 15 is 0 Å². The van der Waals surface area contributed by atoms with Gasteiger partial charge in [-0.15, -0.1) is 0 Å². The molecule has 2 N–H and O–H groups in total. The summed E-state index contributed by atoms with van der Waals surface area (Å²) in [5.41, 5.74) is 2.59. The average molecular weight is 287 g/mol. The summed E-state index contributed by atoms with van der Waals surface area (Å²) in [6.45, 7) is 3.21. The standard InChI is InChI=1S/C19H29NO/c1-2-20-17-10-12-19(21,13-11-17)14-16-8-5-7-15-6-3-4-9-18(15)16/h3-4,6,9,16-17,20-21H,2,5,7-8,10-14H2,1H3. The molecule has 1 saturated carbocycles. The fraction of sp³-hybridized carbons (Fsp3) is 0.684. The van der Waals surface area contributed by atoms with Crippen LogP contribution in [-0.4, -0.2) is 23.3 Å². The number of hydrogen-bond donors (Lipinski definition) is 2. The second kappa shape index (κ2) is 6.50. The van der Waals surface area contributed by atoms with E-state index in [1.54, 1.807) is 0 Å². The molecule has 1 aromatic rings. The molecule has 1 aromatic carbocycles. The molecule has 2 nitrogen and oxygen atoms in total. The van der Waals surface area contributed by atoms with Gasteiger partial charge in [-0.25, -0.2) is 0 Å². The monoisotopic (exact) mass is 287 g/mol. The third-order valence-corrected chi connectivity index (χ3v) is 5.53. The third-order valence-electron chi connectivity index (χ3n) is 5.53. The summed E-state index contributed by atoms with van der Waals surface area (Å²) in [6.07, 6.45) is 8.87. The molecule has 116 valence electrons. The number of aliphatic hydroxyl groups is 1. The first kappa shape index (κ1) is 15.1. The predicted molar refractivity (Wildman–Crippen MR) is 87.6 cm³/mol. The molecule has 0 bridgehead atoms. The van der Waals surface area contributed by atoms with Crippen molar-refractivity contribution in [3.8, 4) is 0 Å². The molecule has 1 unspecified atom stereocenters. The fourth-order valence-electron chi connectivity index (χ4n) is 4.38. The lowest BCUT2D eigenvalue weighted by Crippen LogP contribution is -2.42. The Labute approximate surface area is 129 Å². The van der Waals surface area contributed by atoms with Crippen molar-refractivity contribution in [1.82, 2.24) is 5.32 Å². The second-order valence-corrected chi connectivity index (χ2v) is 7.05. The molecule has 3 rings (SSSR count). The quantitative estimate of drug-likeness (QED) is 0.883. The molecule has 21 heavy (non-hydrogen) atoms. The minimum atomic E-state index is -0.430. The summed E-state index contributed by atoms with van der Waals surface area (Å²) in [7, 11) is 0. The zero-order chi connectivity index (χ0) is 14.7. The highest BCUT2D eigenvalue weighted by atomic mass is 16.3. The molecule has 0 saturated heterocycles. The van der Waals surface area contributed by atoms with Gasteiger partial charge in [0.15, 0.2) is 0 Å². The van der Waals surface area contributed by atoms with Crippen LogP contribution < -0.4 is 5.32 Å². The number of benzene rings is 1. The van der Waals surface area contributed by atoms with Crippen molar-refractivity contribution in [1.29, 1.82) is 0 Å². The summed E-state index contributed by atoms with van der Waals surface area (Å²) in [4.78, 5) is 0. The lowest BCUT2D eigenvalue weighted by atomic mass is 9.72. The van der Waals surface area contributed by atoms with Crippen LogP contribution in [0.25, 0.3) is 0 Å². The van der Waals surface area contributed by atoms with Crippen molar-refractivity contribution in [3.05, 3.63) is 35.4 Å². The fourth-order valence-corrected chi connectivity index (χ4v) is 4.38. The minimum absolute atomic E-state index is 0.430. The second-order valence-electron chi connectivity index (χ2n) is 7.05. The first-order valence-electron chi connectivity index (χ1n) is 8.74. The van der Waals surface area contributed by atoms with Gasteiger partial charge in [0.1, 0.15) is 0 Å². The number of nitrogens with one attached hydrogen (secondary N) is 1. The Bertz CT molecular complexity index is 462. The van der Waals surface area contributed by atoms with Gasteiger partial charge in [-0.05, 0) is 75.0 Å². The van der Waals surface area contributed by atoms with Crippen LogP contribution in [0.1, 0.15) is 68.9 Å².